The van der Waals surface area contributed by atoms with Crippen molar-refractivity contribution in [3.63, 3.8) is 0 Å². The first-order valence-electron chi connectivity index (χ1n) is 9.24. The SMILES string of the molecule is COC(CN(S(=O)(=O)c1ccccc1)S(=O)(=O)c1ccccc1)c1ccc(C)cc1. The van der Waals surface area contributed by atoms with Crippen LogP contribution in [0.25, 0.3) is 0 Å². The van der Waals surface area contributed by atoms with Gasteiger partial charge in [0.2, 0.25) is 0 Å². The molecule has 30 heavy (non-hydrogen) atoms. The normalized spacial score (nSPS) is 13.3. The van der Waals surface area contributed by atoms with Crippen LogP contribution in [0.2, 0.25) is 0 Å². The van der Waals surface area contributed by atoms with Gasteiger partial charge in [0, 0.05) is 7.11 Å². The molecule has 0 saturated heterocycles. The lowest BCUT2D eigenvalue weighted by molar-refractivity contribution is 0.0962. The zero-order valence-corrected chi connectivity index (χ0v) is 18.3. The summed E-state index contributed by atoms with van der Waals surface area (Å²) >= 11 is 0. The van der Waals surface area contributed by atoms with Crippen LogP contribution < -0.4 is 0 Å². The van der Waals surface area contributed by atoms with Crippen molar-refractivity contribution in [1.82, 2.24) is 3.71 Å². The van der Waals surface area contributed by atoms with Crippen molar-refractivity contribution in [2.45, 2.75) is 22.8 Å². The third-order valence-electron chi connectivity index (χ3n) is 4.67. The molecular formula is C22H23NO5S2. The van der Waals surface area contributed by atoms with E-state index in [1.165, 1.54) is 31.4 Å². The van der Waals surface area contributed by atoms with Gasteiger partial charge in [-0.3, -0.25) is 0 Å². The molecule has 158 valence electrons. The molecule has 1 atom stereocenters. The third kappa shape index (κ3) is 4.62. The molecular weight excluding hydrogens is 422 g/mol. The molecule has 0 N–H and O–H groups in total. The Kier molecular flexibility index (Phi) is 6.72. The quantitative estimate of drug-likeness (QED) is 0.527. The first-order chi connectivity index (χ1) is 14.3. The minimum Gasteiger partial charge on any atom is -0.375 e. The highest BCUT2D eigenvalue weighted by molar-refractivity contribution is 8.04. The van der Waals surface area contributed by atoms with E-state index in [-0.39, 0.29) is 9.79 Å². The van der Waals surface area contributed by atoms with E-state index >= 15 is 0 Å². The maximum Gasteiger partial charge on any atom is 0.256 e. The number of hydrogen-bond acceptors (Lipinski definition) is 5. The number of benzene rings is 3. The second-order valence-corrected chi connectivity index (χ2v) is 10.7. The second-order valence-electron chi connectivity index (χ2n) is 6.73. The number of methoxy groups -OCH3 is 1. The predicted molar refractivity (Wildman–Crippen MR) is 115 cm³/mol. The highest BCUT2D eigenvalue weighted by atomic mass is 32.3. The molecule has 0 heterocycles. The molecule has 0 fully saturated rings. The van der Waals surface area contributed by atoms with Crippen molar-refractivity contribution >= 4 is 20.0 Å². The molecule has 3 rings (SSSR count). The minimum atomic E-state index is -4.36. The molecule has 0 aliphatic rings. The molecule has 0 radical (unpaired) electrons. The fraction of sp³-hybridized carbons (Fsp3) is 0.182. The lowest BCUT2D eigenvalue weighted by atomic mass is 10.1. The molecule has 0 aliphatic heterocycles. The summed E-state index contributed by atoms with van der Waals surface area (Å²) in [4.78, 5) is -0.216. The molecule has 0 aliphatic carbocycles. The van der Waals surface area contributed by atoms with Crippen LogP contribution in [0.4, 0.5) is 0 Å². The van der Waals surface area contributed by atoms with Crippen LogP contribution in [-0.2, 0) is 24.8 Å². The largest absolute Gasteiger partial charge is 0.375 e. The average Bonchev–Trinajstić information content (AvgIpc) is 2.76. The lowest BCUT2D eigenvalue weighted by Crippen LogP contribution is -2.40. The fourth-order valence-corrected chi connectivity index (χ4v) is 6.66. The van der Waals surface area contributed by atoms with Gasteiger partial charge in [-0.15, -0.1) is 0 Å². The molecule has 6 nitrogen and oxygen atoms in total. The number of sulfonamides is 2. The van der Waals surface area contributed by atoms with Gasteiger partial charge >= 0.3 is 0 Å². The lowest BCUT2D eigenvalue weighted by Gasteiger charge is -2.26. The number of nitrogens with zero attached hydrogens (tertiary/aromatic N) is 1. The smallest absolute Gasteiger partial charge is 0.256 e. The van der Waals surface area contributed by atoms with E-state index in [0.717, 1.165) is 5.56 Å². The van der Waals surface area contributed by atoms with Crippen LogP contribution in [0.1, 0.15) is 17.2 Å². The number of ether oxygens (including phenoxy) is 1. The summed E-state index contributed by atoms with van der Waals surface area (Å²) in [7, 11) is -7.30. The summed E-state index contributed by atoms with van der Waals surface area (Å²) in [5, 5.41) is 0. The van der Waals surface area contributed by atoms with Crippen LogP contribution in [0, 0.1) is 6.92 Å². The number of hydrogen-bond donors (Lipinski definition) is 0. The van der Waals surface area contributed by atoms with E-state index in [4.69, 9.17) is 4.74 Å². The maximum atomic E-state index is 13.4. The van der Waals surface area contributed by atoms with Crippen molar-refractivity contribution in [2.75, 3.05) is 13.7 Å². The van der Waals surface area contributed by atoms with Crippen LogP contribution in [0.5, 0.6) is 0 Å². The first-order valence-corrected chi connectivity index (χ1v) is 12.1. The van der Waals surface area contributed by atoms with Crippen molar-refractivity contribution in [3.05, 3.63) is 96.1 Å². The summed E-state index contributed by atoms with van der Waals surface area (Å²) in [6.45, 7) is 1.53. The highest BCUT2D eigenvalue weighted by Gasteiger charge is 2.38. The Hall–Kier alpha value is -2.52. The predicted octanol–water partition coefficient (Wildman–Crippen LogP) is 3.76. The molecule has 0 bridgehead atoms. The van der Waals surface area contributed by atoms with Crippen molar-refractivity contribution < 1.29 is 21.6 Å². The van der Waals surface area contributed by atoms with Gasteiger partial charge in [-0.05, 0) is 36.8 Å². The van der Waals surface area contributed by atoms with Gasteiger partial charge in [-0.25, -0.2) is 16.8 Å². The molecule has 0 saturated carbocycles. The zero-order valence-electron chi connectivity index (χ0n) is 16.7. The van der Waals surface area contributed by atoms with Crippen LogP contribution in [0.15, 0.2) is 94.7 Å². The molecule has 8 heteroatoms. The summed E-state index contributed by atoms with van der Waals surface area (Å²) in [6.07, 6.45) is -0.775. The van der Waals surface area contributed by atoms with Crippen molar-refractivity contribution in [2.24, 2.45) is 0 Å². The second kappa shape index (κ2) is 9.09. The minimum absolute atomic E-state index is 0.108. The van der Waals surface area contributed by atoms with Gasteiger partial charge in [-0.2, -0.15) is 0 Å². The average molecular weight is 446 g/mol. The molecule has 1 unspecified atom stereocenters. The van der Waals surface area contributed by atoms with E-state index in [1.807, 2.05) is 19.1 Å². The third-order valence-corrected chi connectivity index (χ3v) is 8.95. The van der Waals surface area contributed by atoms with E-state index in [0.29, 0.717) is 9.27 Å². The van der Waals surface area contributed by atoms with Gasteiger partial charge < -0.3 is 4.74 Å². The molecule has 3 aromatic rings. The van der Waals surface area contributed by atoms with Crippen molar-refractivity contribution in [3.8, 4) is 0 Å². The van der Waals surface area contributed by atoms with E-state index < -0.39 is 32.7 Å². The maximum absolute atomic E-state index is 13.4. The van der Waals surface area contributed by atoms with Gasteiger partial charge in [0.15, 0.2) is 0 Å². The Morgan fingerprint density at radius 1 is 0.733 bits per heavy atom. The van der Waals surface area contributed by atoms with Crippen LogP contribution in [-0.4, -0.2) is 34.2 Å². The fourth-order valence-electron chi connectivity index (χ4n) is 2.98. The van der Waals surface area contributed by atoms with Gasteiger partial charge in [-0.1, -0.05) is 69.9 Å². The van der Waals surface area contributed by atoms with Gasteiger partial charge in [0.05, 0.1) is 22.4 Å². The monoisotopic (exact) mass is 445 g/mol. The summed E-state index contributed by atoms with van der Waals surface area (Å²) < 4.78 is 59.5. The Morgan fingerprint density at radius 3 is 1.57 bits per heavy atom. The van der Waals surface area contributed by atoms with E-state index in [1.54, 1.807) is 48.5 Å². The first kappa shape index (κ1) is 22.2. The summed E-state index contributed by atoms with van der Waals surface area (Å²) in [6, 6.07) is 22.3. The Bertz CT molecular complexity index is 1110. The molecule has 3 aromatic carbocycles. The number of aryl methyl sites for hydroxylation is 1. The van der Waals surface area contributed by atoms with Crippen molar-refractivity contribution in [1.29, 1.82) is 0 Å². The molecule has 0 aromatic heterocycles. The Balaban J connectivity index is 2.11. The van der Waals surface area contributed by atoms with Gasteiger partial charge in [0.1, 0.15) is 0 Å². The molecule has 0 spiro atoms. The number of rotatable bonds is 8. The Morgan fingerprint density at radius 2 is 1.17 bits per heavy atom. The topological polar surface area (TPSA) is 80.8 Å². The molecule has 0 amide bonds. The standard InChI is InChI=1S/C22H23NO5S2/c1-18-13-15-19(16-14-18)22(28-2)17-23(29(24,25)20-9-5-3-6-10-20)30(26,27)21-11-7-4-8-12-21/h3-16,22H,17H2,1-2H3. The van der Waals surface area contributed by atoms with E-state index in [2.05, 4.69) is 0 Å². The van der Waals surface area contributed by atoms with Crippen LogP contribution in [0.3, 0.4) is 0 Å². The van der Waals surface area contributed by atoms with Crippen LogP contribution >= 0.6 is 0 Å². The van der Waals surface area contributed by atoms with E-state index in [9.17, 15) is 16.8 Å². The summed E-state index contributed by atoms with van der Waals surface area (Å²) in [5.74, 6) is 0. The zero-order chi connectivity index (χ0) is 21.8. The van der Waals surface area contributed by atoms with Gasteiger partial charge in [0.25, 0.3) is 20.0 Å². The Labute approximate surface area is 177 Å². The summed E-state index contributed by atoms with van der Waals surface area (Å²) in [5.41, 5.74) is 1.71. The highest BCUT2D eigenvalue weighted by Crippen LogP contribution is 2.28.